The number of nitriles is 1. The molecule has 7 heteroatoms. The first-order chi connectivity index (χ1) is 13.5. The maximum Gasteiger partial charge on any atom is 0.228 e. The van der Waals surface area contributed by atoms with Gasteiger partial charge in [-0.25, -0.2) is 4.52 Å². The van der Waals surface area contributed by atoms with E-state index in [1.807, 2.05) is 0 Å². The van der Waals surface area contributed by atoms with Crippen LogP contribution in [-0.4, -0.2) is 25.6 Å². The van der Waals surface area contributed by atoms with Crippen LogP contribution in [0, 0.1) is 11.3 Å². The number of hydrogen-bond donors (Lipinski definition) is 2. The predicted octanol–water partition coefficient (Wildman–Crippen LogP) is 3.10. The Morgan fingerprint density at radius 3 is 2.89 bits per heavy atom. The van der Waals surface area contributed by atoms with Crippen molar-refractivity contribution in [2.45, 2.75) is 44.1 Å². The van der Waals surface area contributed by atoms with E-state index in [0.29, 0.717) is 23.0 Å². The van der Waals surface area contributed by atoms with Crippen LogP contribution in [0.15, 0.2) is 42.7 Å². The molecular weight excluding hydrogens is 354 g/mol. The van der Waals surface area contributed by atoms with Crippen LogP contribution in [0.5, 0.6) is 0 Å². The lowest BCUT2D eigenvalue weighted by molar-refractivity contribution is -0.120. The van der Waals surface area contributed by atoms with Crippen molar-refractivity contribution in [1.82, 2.24) is 14.6 Å². The van der Waals surface area contributed by atoms with Crippen molar-refractivity contribution in [3.8, 4) is 6.07 Å². The standard InChI is InChI=1S/C21H21N5O2/c1-21(28,17-7-2-3-9-23-17)12-18(27)24-20-19(15-5-4-6-15)16-11-14(13-22)8-10-26(16)25-20/h2-3,7-11,15,28H,4-6,12H2,1H3,(H,24,25,27)/t21-/m0/s1. The molecule has 142 valence electrons. The molecule has 0 saturated heterocycles. The molecule has 7 nitrogen and oxygen atoms in total. The predicted molar refractivity (Wildman–Crippen MR) is 104 cm³/mol. The average molecular weight is 375 g/mol. The molecule has 1 atom stereocenters. The fourth-order valence-corrected chi connectivity index (χ4v) is 3.59. The number of pyridine rings is 2. The average Bonchev–Trinajstić information content (AvgIpc) is 2.97. The Kier molecular flexibility index (Phi) is 4.57. The molecule has 1 aliphatic carbocycles. The van der Waals surface area contributed by atoms with E-state index < -0.39 is 5.60 Å². The Morgan fingerprint density at radius 2 is 2.25 bits per heavy atom. The highest BCUT2D eigenvalue weighted by molar-refractivity contribution is 5.92. The number of amides is 1. The second-order valence-corrected chi connectivity index (χ2v) is 7.46. The highest BCUT2D eigenvalue weighted by Gasteiger charge is 2.31. The number of rotatable bonds is 5. The van der Waals surface area contributed by atoms with Gasteiger partial charge in [0.1, 0.15) is 5.60 Å². The zero-order chi connectivity index (χ0) is 19.7. The zero-order valence-corrected chi connectivity index (χ0v) is 15.6. The van der Waals surface area contributed by atoms with E-state index in [2.05, 4.69) is 21.5 Å². The maximum atomic E-state index is 12.7. The van der Waals surface area contributed by atoms with E-state index >= 15 is 0 Å². The van der Waals surface area contributed by atoms with Gasteiger partial charge >= 0.3 is 0 Å². The summed E-state index contributed by atoms with van der Waals surface area (Å²) in [4.78, 5) is 16.8. The topological polar surface area (TPSA) is 103 Å². The molecule has 1 aliphatic rings. The highest BCUT2D eigenvalue weighted by atomic mass is 16.3. The van der Waals surface area contributed by atoms with Gasteiger partial charge in [-0.05, 0) is 49.9 Å². The molecule has 0 spiro atoms. The molecular formula is C21H21N5O2. The summed E-state index contributed by atoms with van der Waals surface area (Å²) in [6.45, 7) is 1.57. The Morgan fingerprint density at radius 1 is 1.43 bits per heavy atom. The summed E-state index contributed by atoms with van der Waals surface area (Å²) < 4.78 is 1.70. The third kappa shape index (κ3) is 3.35. The van der Waals surface area contributed by atoms with Crippen molar-refractivity contribution < 1.29 is 9.90 Å². The van der Waals surface area contributed by atoms with Gasteiger partial charge < -0.3 is 10.4 Å². The smallest absolute Gasteiger partial charge is 0.228 e. The monoisotopic (exact) mass is 375 g/mol. The van der Waals surface area contributed by atoms with Crippen LogP contribution in [0.4, 0.5) is 5.82 Å². The van der Waals surface area contributed by atoms with E-state index in [0.717, 1.165) is 30.3 Å². The largest absolute Gasteiger partial charge is 0.383 e. The molecule has 4 rings (SSSR count). The summed E-state index contributed by atoms with van der Waals surface area (Å²) >= 11 is 0. The number of hydrogen-bond acceptors (Lipinski definition) is 5. The van der Waals surface area contributed by atoms with E-state index in [1.54, 1.807) is 54.2 Å². The van der Waals surface area contributed by atoms with E-state index in [4.69, 9.17) is 0 Å². The molecule has 28 heavy (non-hydrogen) atoms. The van der Waals surface area contributed by atoms with Crippen molar-refractivity contribution in [2.24, 2.45) is 0 Å². The van der Waals surface area contributed by atoms with E-state index in [9.17, 15) is 15.2 Å². The second kappa shape index (κ2) is 7.06. The number of fused-ring (bicyclic) bond motifs is 1. The van der Waals surface area contributed by atoms with Gasteiger partial charge in [-0.2, -0.15) is 5.26 Å². The third-order valence-corrected chi connectivity index (χ3v) is 5.29. The second-order valence-electron chi connectivity index (χ2n) is 7.46. The molecule has 0 radical (unpaired) electrons. The van der Waals surface area contributed by atoms with E-state index in [-0.39, 0.29) is 12.3 Å². The van der Waals surface area contributed by atoms with Crippen LogP contribution in [0.25, 0.3) is 5.52 Å². The molecule has 0 unspecified atom stereocenters. The zero-order valence-electron chi connectivity index (χ0n) is 15.6. The van der Waals surface area contributed by atoms with Crippen LogP contribution in [0.2, 0.25) is 0 Å². The van der Waals surface area contributed by atoms with Crippen molar-refractivity contribution in [3.05, 3.63) is 59.5 Å². The van der Waals surface area contributed by atoms with Crippen LogP contribution in [0.1, 0.15) is 55.3 Å². The van der Waals surface area contributed by atoms with E-state index in [1.165, 1.54) is 0 Å². The maximum absolute atomic E-state index is 12.7. The quantitative estimate of drug-likeness (QED) is 0.713. The van der Waals surface area contributed by atoms with Gasteiger partial charge in [-0.15, -0.1) is 5.10 Å². The number of nitrogens with zero attached hydrogens (tertiary/aromatic N) is 4. The summed E-state index contributed by atoms with van der Waals surface area (Å²) in [6, 6.07) is 10.9. The van der Waals surface area contributed by atoms with Crippen molar-refractivity contribution in [2.75, 3.05) is 5.32 Å². The third-order valence-electron chi connectivity index (χ3n) is 5.29. The summed E-state index contributed by atoms with van der Waals surface area (Å²) in [5, 5.41) is 27.3. The fourth-order valence-electron chi connectivity index (χ4n) is 3.59. The van der Waals surface area contributed by atoms with Gasteiger partial charge in [-0.1, -0.05) is 12.5 Å². The summed E-state index contributed by atoms with van der Waals surface area (Å²) in [6.07, 6.45) is 6.40. The Labute approximate surface area is 162 Å². The minimum absolute atomic E-state index is 0.133. The van der Waals surface area contributed by atoms with Gasteiger partial charge in [-0.3, -0.25) is 9.78 Å². The fraction of sp³-hybridized carbons (Fsp3) is 0.333. The lowest BCUT2D eigenvalue weighted by atomic mass is 9.80. The molecule has 0 bridgehead atoms. The Bertz CT molecular complexity index is 1060. The molecule has 0 aromatic carbocycles. The number of aliphatic hydroxyl groups is 1. The molecule has 1 amide bonds. The lowest BCUT2D eigenvalue weighted by Crippen LogP contribution is -2.29. The van der Waals surface area contributed by atoms with Crippen molar-refractivity contribution in [1.29, 1.82) is 5.26 Å². The first kappa shape index (κ1) is 18.1. The van der Waals surface area contributed by atoms with Gasteiger partial charge in [0, 0.05) is 18.0 Å². The molecule has 3 aromatic rings. The van der Waals surface area contributed by atoms with Gasteiger partial charge in [0.2, 0.25) is 5.91 Å². The number of anilines is 1. The van der Waals surface area contributed by atoms with Crippen molar-refractivity contribution >= 4 is 17.2 Å². The number of carbonyl (C=O) groups excluding carboxylic acids is 1. The van der Waals surface area contributed by atoms with Gasteiger partial charge in [0.25, 0.3) is 0 Å². The highest BCUT2D eigenvalue weighted by Crippen LogP contribution is 2.42. The van der Waals surface area contributed by atoms with Crippen LogP contribution in [0.3, 0.4) is 0 Å². The molecule has 3 heterocycles. The van der Waals surface area contributed by atoms with Gasteiger partial charge in [0.05, 0.1) is 29.3 Å². The number of carbonyl (C=O) groups is 1. The van der Waals surface area contributed by atoms with Crippen LogP contribution >= 0.6 is 0 Å². The first-order valence-corrected chi connectivity index (χ1v) is 9.34. The normalized spacial score (nSPS) is 16.2. The lowest BCUT2D eigenvalue weighted by Gasteiger charge is -2.26. The Balaban J connectivity index is 1.62. The van der Waals surface area contributed by atoms with Gasteiger partial charge in [0.15, 0.2) is 5.82 Å². The van der Waals surface area contributed by atoms with Crippen molar-refractivity contribution in [3.63, 3.8) is 0 Å². The number of aromatic nitrogens is 3. The molecule has 1 fully saturated rings. The molecule has 0 aliphatic heterocycles. The summed E-state index contributed by atoms with van der Waals surface area (Å²) in [5.41, 5.74) is 1.43. The molecule has 2 N–H and O–H groups in total. The minimum atomic E-state index is -1.38. The van der Waals surface area contributed by atoms with Crippen LogP contribution < -0.4 is 5.32 Å². The van der Waals surface area contributed by atoms with Crippen LogP contribution in [-0.2, 0) is 10.4 Å². The summed E-state index contributed by atoms with van der Waals surface area (Å²) in [5.74, 6) is 0.486. The summed E-state index contributed by atoms with van der Waals surface area (Å²) in [7, 11) is 0. The number of nitrogens with one attached hydrogen (secondary N) is 1. The minimum Gasteiger partial charge on any atom is -0.383 e. The molecule has 1 saturated carbocycles. The SMILES string of the molecule is C[C@](O)(CC(=O)Nc1nn2ccc(C#N)cc2c1C1CCC1)c1ccccn1. The Hall–Kier alpha value is -3.24. The molecule has 3 aromatic heterocycles. The first-order valence-electron chi connectivity index (χ1n) is 9.34.